The van der Waals surface area contributed by atoms with Gasteiger partial charge in [-0.1, -0.05) is 0 Å². The molecule has 3 rings (SSSR count). The Kier molecular flexibility index (Phi) is 3.83. The molecule has 3 aliphatic rings. The highest BCUT2D eigenvalue weighted by atomic mass is 16.4. The van der Waals surface area contributed by atoms with Gasteiger partial charge in [-0.2, -0.15) is 0 Å². The molecule has 3 fully saturated rings. The molecule has 2 saturated heterocycles. The number of piperidine rings is 1. The number of carboxylic acids is 1. The third-order valence-electron chi connectivity index (χ3n) is 4.67. The van der Waals surface area contributed by atoms with Crippen LogP contribution in [0.5, 0.6) is 0 Å². The summed E-state index contributed by atoms with van der Waals surface area (Å²) in [6, 6.07) is 0.898. The van der Waals surface area contributed by atoms with Crippen molar-refractivity contribution in [2.75, 3.05) is 26.2 Å². The zero-order valence-corrected chi connectivity index (χ0v) is 11.8. The van der Waals surface area contributed by atoms with Crippen LogP contribution >= 0.6 is 0 Å². The fraction of sp³-hybridized carbons (Fsp3) is 0.857. The van der Waals surface area contributed by atoms with Gasteiger partial charge in [0.1, 0.15) is 0 Å². The van der Waals surface area contributed by atoms with Crippen LogP contribution in [-0.2, 0) is 4.79 Å². The summed E-state index contributed by atoms with van der Waals surface area (Å²) in [4.78, 5) is 27.4. The van der Waals surface area contributed by atoms with Gasteiger partial charge in [-0.25, -0.2) is 4.79 Å². The minimum Gasteiger partial charge on any atom is -0.481 e. The highest BCUT2D eigenvalue weighted by Gasteiger charge is 2.36. The average Bonchev–Trinajstić information content (AvgIpc) is 3.20. The Hall–Kier alpha value is -1.30. The van der Waals surface area contributed by atoms with Gasteiger partial charge in [0.2, 0.25) is 0 Å². The van der Waals surface area contributed by atoms with Gasteiger partial charge >= 0.3 is 12.0 Å². The number of likely N-dealkylation sites (tertiary alicyclic amines) is 2. The molecule has 0 bridgehead atoms. The molecule has 0 spiro atoms. The van der Waals surface area contributed by atoms with Crippen molar-refractivity contribution in [1.82, 2.24) is 15.1 Å². The first kappa shape index (κ1) is 13.7. The molecule has 1 saturated carbocycles. The van der Waals surface area contributed by atoms with Crippen LogP contribution in [0.1, 0.15) is 32.1 Å². The first-order valence-electron chi connectivity index (χ1n) is 7.66. The molecule has 2 heterocycles. The zero-order valence-electron chi connectivity index (χ0n) is 11.8. The van der Waals surface area contributed by atoms with Gasteiger partial charge in [0.05, 0.1) is 5.92 Å². The van der Waals surface area contributed by atoms with E-state index in [2.05, 4.69) is 10.2 Å². The van der Waals surface area contributed by atoms with Gasteiger partial charge in [0, 0.05) is 38.3 Å². The highest BCUT2D eigenvalue weighted by Crippen LogP contribution is 2.29. The number of carbonyl (C=O) groups excluding carboxylic acids is 1. The lowest BCUT2D eigenvalue weighted by Gasteiger charge is -2.31. The molecule has 2 atom stereocenters. The Morgan fingerprint density at radius 1 is 1.05 bits per heavy atom. The molecular weight excluding hydrogens is 258 g/mol. The molecule has 20 heavy (non-hydrogen) atoms. The van der Waals surface area contributed by atoms with Gasteiger partial charge < -0.3 is 15.3 Å². The molecule has 2 aliphatic heterocycles. The summed E-state index contributed by atoms with van der Waals surface area (Å²) in [5.74, 6) is -1.19. The molecule has 2 amide bonds. The first-order chi connectivity index (χ1) is 9.63. The van der Waals surface area contributed by atoms with Crippen LogP contribution in [-0.4, -0.2) is 65.2 Å². The van der Waals surface area contributed by atoms with Crippen molar-refractivity contribution >= 4 is 12.0 Å². The lowest BCUT2D eigenvalue weighted by molar-refractivity contribution is -0.143. The maximum atomic E-state index is 12.2. The predicted molar refractivity (Wildman–Crippen MR) is 73.5 cm³/mol. The number of urea groups is 1. The van der Waals surface area contributed by atoms with E-state index in [0.717, 1.165) is 32.0 Å². The second-order valence-corrected chi connectivity index (χ2v) is 6.28. The topological polar surface area (TPSA) is 72.9 Å². The van der Waals surface area contributed by atoms with E-state index in [0.29, 0.717) is 19.5 Å². The third kappa shape index (κ3) is 3.06. The number of amides is 2. The average molecular weight is 281 g/mol. The fourth-order valence-electron chi connectivity index (χ4n) is 3.31. The van der Waals surface area contributed by atoms with Crippen LogP contribution in [0.25, 0.3) is 0 Å². The summed E-state index contributed by atoms with van der Waals surface area (Å²) in [6.07, 6.45) is 5.07. The maximum absolute atomic E-state index is 12.2. The molecule has 2 N–H and O–H groups in total. The molecule has 6 heteroatoms. The lowest BCUT2D eigenvalue weighted by Crippen LogP contribution is -2.50. The third-order valence-corrected chi connectivity index (χ3v) is 4.67. The van der Waals surface area contributed by atoms with Crippen LogP contribution < -0.4 is 5.32 Å². The van der Waals surface area contributed by atoms with E-state index in [1.807, 2.05) is 0 Å². The van der Waals surface area contributed by atoms with E-state index < -0.39 is 11.9 Å². The molecule has 1 aliphatic carbocycles. The number of nitrogens with one attached hydrogen (secondary N) is 1. The summed E-state index contributed by atoms with van der Waals surface area (Å²) in [5.41, 5.74) is 0. The lowest BCUT2D eigenvalue weighted by atomic mass is 9.99. The van der Waals surface area contributed by atoms with Crippen molar-refractivity contribution in [3.63, 3.8) is 0 Å². The summed E-state index contributed by atoms with van der Waals surface area (Å²) in [6.45, 7) is 3.05. The quantitative estimate of drug-likeness (QED) is 0.800. The second-order valence-electron chi connectivity index (χ2n) is 6.28. The van der Waals surface area contributed by atoms with Crippen LogP contribution in [0, 0.1) is 5.92 Å². The number of carbonyl (C=O) groups is 2. The van der Waals surface area contributed by atoms with Crippen LogP contribution in [0.3, 0.4) is 0 Å². The zero-order chi connectivity index (χ0) is 14.1. The number of aliphatic carboxylic acids is 1. The summed E-state index contributed by atoms with van der Waals surface area (Å²) < 4.78 is 0. The van der Waals surface area contributed by atoms with Gasteiger partial charge in [-0.05, 0) is 32.1 Å². The Morgan fingerprint density at radius 3 is 2.55 bits per heavy atom. The minimum atomic E-state index is -0.789. The van der Waals surface area contributed by atoms with Crippen molar-refractivity contribution in [2.45, 2.75) is 44.2 Å². The predicted octanol–water partition coefficient (Wildman–Crippen LogP) is 0.729. The van der Waals surface area contributed by atoms with Crippen LogP contribution in [0.15, 0.2) is 0 Å². The van der Waals surface area contributed by atoms with Crippen molar-refractivity contribution in [3.8, 4) is 0 Å². The molecule has 0 radical (unpaired) electrons. The molecule has 0 aromatic rings. The van der Waals surface area contributed by atoms with Crippen LogP contribution in [0.4, 0.5) is 4.79 Å². The number of rotatable bonds is 3. The standard InChI is InChI=1S/C14H23N3O3/c18-13(19)10-2-1-6-17(8-10)14(20)15-11-5-7-16(9-11)12-3-4-12/h10-12H,1-9H2,(H,15,20)(H,18,19)/t10-,11?/m0/s1. The summed E-state index contributed by atoms with van der Waals surface area (Å²) >= 11 is 0. The van der Waals surface area contributed by atoms with E-state index >= 15 is 0 Å². The Bertz CT molecular complexity index is 397. The smallest absolute Gasteiger partial charge is 0.317 e. The van der Waals surface area contributed by atoms with Crippen molar-refractivity contribution in [3.05, 3.63) is 0 Å². The number of hydrogen-bond acceptors (Lipinski definition) is 3. The van der Waals surface area contributed by atoms with Crippen molar-refractivity contribution in [1.29, 1.82) is 0 Å². The van der Waals surface area contributed by atoms with E-state index in [1.54, 1.807) is 4.90 Å². The Balaban J connectivity index is 1.47. The van der Waals surface area contributed by atoms with Gasteiger partial charge in [0.15, 0.2) is 0 Å². The highest BCUT2D eigenvalue weighted by molar-refractivity contribution is 5.76. The fourth-order valence-corrected chi connectivity index (χ4v) is 3.31. The maximum Gasteiger partial charge on any atom is 0.317 e. The molecule has 0 aromatic carbocycles. The first-order valence-corrected chi connectivity index (χ1v) is 7.66. The number of hydrogen-bond donors (Lipinski definition) is 2. The van der Waals surface area contributed by atoms with Crippen molar-refractivity contribution < 1.29 is 14.7 Å². The second kappa shape index (κ2) is 5.60. The molecule has 112 valence electrons. The van der Waals surface area contributed by atoms with E-state index in [4.69, 9.17) is 5.11 Å². The Morgan fingerprint density at radius 2 is 1.85 bits per heavy atom. The Labute approximate surface area is 119 Å². The molecule has 1 unspecified atom stereocenters. The largest absolute Gasteiger partial charge is 0.481 e. The van der Waals surface area contributed by atoms with Crippen molar-refractivity contribution in [2.24, 2.45) is 5.92 Å². The number of nitrogens with zero attached hydrogens (tertiary/aromatic N) is 2. The molecule has 6 nitrogen and oxygen atoms in total. The van der Waals surface area contributed by atoms with Gasteiger partial charge in [-0.15, -0.1) is 0 Å². The SMILES string of the molecule is O=C(O)[C@H]1CCCN(C(=O)NC2CCN(C3CC3)C2)C1. The normalized spacial score (nSPS) is 31.3. The molecular formula is C14H23N3O3. The summed E-state index contributed by atoms with van der Waals surface area (Å²) in [5, 5.41) is 12.1. The van der Waals surface area contributed by atoms with Crippen LogP contribution in [0.2, 0.25) is 0 Å². The molecule has 0 aromatic heterocycles. The van der Waals surface area contributed by atoms with E-state index in [9.17, 15) is 9.59 Å². The number of carboxylic acid groups (broad SMARTS) is 1. The monoisotopic (exact) mass is 281 g/mol. The van der Waals surface area contributed by atoms with Gasteiger partial charge in [-0.3, -0.25) is 9.69 Å². The van der Waals surface area contributed by atoms with Gasteiger partial charge in [0.25, 0.3) is 0 Å². The minimum absolute atomic E-state index is 0.0846. The van der Waals surface area contributed by atoms with E-state index in [1.165, 1.54) is 12.8 Å². The summed E-state index contributed by atoms with van der Waals surface area (Å²) in [7, 11) is 0. The van der Waals surface area contributed by atoms with E-state index in [-0.39, 0.29) is 12.1 Å².